The first-order valence-electron chi connectivity index (χ1n) is 9.41. The Morgan fingerprint density at radius 2 is 1.83 bits per heavy atom. The van der Waals surface area contributed by atoms with Crippen LogP contribution < -0.4 is 15.5 Å². The van der Waals surface area contributed by atoms with Gasteiger partial charge in [-0.25, -0.2) is 4.90 Å². The molecule has 1 unspecified atom stereocenters. The summed E-state index contributed by atoms with van der Waals surface area (Å²) in [5, 5.41) is 5.60. The molecule has 0 aromatic heterocycles. The van der Waals surface area contributed by atoms with Crippen molar-refractivity contribution in [2.24, 2.45) is 0 Å². The van der Waals surface area contributed by atoms with Gasteiger partial charge in [-0.3, -0.25) is 19.2 Å². The maximum atomic E-state index is 12.6. The number of amides is 4. The van der Waals surface area contributed by atoms with Gasteiger partial charge in [0.05, 0.1) is 5.69 Å². The summed E-state index contributed by atoms with van der Waals surface area (Å²) in [4.78, 5) is 49.5. The minimum absolute atomic E-state index is 0.223. The Bertz CT molecular complexity index is 787. The van der Waals surface area contributed by atoms with E-state index in [4.69, 9.17) is 0 Å². The van der Waals surface area contributed by atoms with E-state index in [9.17, 15) is 19.2 Å². The summed E-state index contributed by atoms with van der Waals surface area (Å²) < 4.78 is 0. The number of nitrogens with one attached hydrogen (secondary N) is 2. The highest BCUT2D eigenvalue weighted by atomic mass is 32.2. The van der Waals surface area contributed by atoms with Crippen LogP contribution in [0.3, 0.4) is 0 Å². The second-order valence-corrected chi connectivity index (χ2v) is 7.46. The van der Waals surface area contributed by atoms with Crippen molar-refractivity contribution in [2.45, 2.75) is 25.8 Å². The molecule has 0 radical (unpaired) electrons. The van der Waals surface area contributed by atoms with Gasteiger partial charge in [-0.05, 0) is 30.7 Å². The topological polar surface area (TPSA) is 95.6 Å². The van der Waals surface area contributed by atoms with E-state index < -0.39 is 23.8 Å². The van der Waals surface area contributed by atoms with Crippen molar-refractivity contribution in [3.63, 3.8) is 0 Å². The van der Waals surface area contributed by atoms with Crippen LogP contribution in [0.25, 0.3) is 0 Å². The van der Waals surface area contributed by atoms with Gasteiger partial charge in [-0.15, -0.1) is 6.58 Å². The van der Waals surface area contributed by atoms with Gasteiger partial charge in [0.15, 0.2) is 0 Å². The monoisotopic (exact) mass is 415 g/mol. The van der Waals surface area contributed by atoms with Gasteiger partial charge in [-0.1, -0.05) is 19.4 Å². The van der Waals surface area contributed by atoms with Crippen molar-refractivity contribution in [1.82, 2.24) is 10.6 Å². The van der Waals surface area contributed by atoms with Crippen molar-refractivity contribution in [3.05, 3.63) is 54.6 Å². The van der Waals surface area contributed by atoms with Crippen molar-refractivity contribution in [2.75, 3.05) is 23.0 Å². The van der Waals surface area contributed by atoms with Crippen LogP contribution in [-0.4, -0.2) is 47.7 Å². The third kappa shape index (κ3) is 6.32. The Labute approximate surface area is 174 Å². The summed E-state index contributed by atoms with van der Waals surface area (Å²) in [6.45, 7) is 6.26. The quantitative estimate of drug-likeness (QED) is 0.328. The highest BCUT2D eigenvalue weighted by Gasteiger charge is 2.25. The van der Waals surface area contributed by atoms with Crippen molar-refractivity contribution >= 4 is 41.1 Å². The number of unbranched alkanes of at least 4 members (excludes halogenated alkanes) is 1. The number of hydrogen-bond donors (Lipinski definition) is 2. The van der Waals surface area contributed by atoms with Crippen LogP contribution in [-0.2, 0) is 14.4 Å². The molecule has 7 nitrogen and oxygen atoms in total. The highest BCUT2D eigenvalue weighted by molar-refractivity contribution is 7.99. The molecule has 1 aromatic rings. The Morgan fingerprint density at radius 1 is 1.17 bits per heavy atom. The van der Waals surface area contributed by atoms with Gasteiger partial charge < -0.3 is 10.6 Å². The molecule has 1 atom stereocenters. The summed E-state index contributed by atoms with van der Waals surface area (Å²) in [6, 6.07) is 5.43. The summed E-state index contributed by atoms with van der Waals surface area (Å²) in [7, 11) is 0. The number of carbonyl (C=O) groups excluding carboxylic acids is 4. The Hall–Kier alpha value is -2.87. The normalized spacial score (nSPS) is 14.0. The van der Waals surface area contributed by atoms with Crippen LogP contribution in [0.5, 0.6) is 0 Å². The van der Waals surface area contributed by atoms with E-state index in [1.165, 1.54) is 48.2 Å². The second kappa shape index (κ2) is 11.2. The fourth-order valence-electron chi connectivity index (χ4n) is 2.62. The largest absolute Gasteiger partial charge is 0.354 e. The standard InChI is InChI=1S/C21H25N3O4S/c1-3-5-12-22-21(28)17(14-29-13-4-2)23-20(27)15-6-8-16(9-7-15)24-18(25)10-11-19(24)26/h4,6-11,17H,2-3,5,12-14H2,1H3,(H,22,28)(H,23,27). The van der Waals surface area contributed by atoms with E-state index in [1.54, 1.807) is 6.08 Å². The summed E-state index contributed by atoms with van der Waals surface area (Å²) in [6.07, 6.45) is 5.98. The molecule has 0 fully saturated rings. The van der Waals surface area contributed by atoms with E-state index in [2.05, 4.69) is 17.2 Å². The van der Waals surface area contributed by atoms with Crippen molar-refractivity contribution in [1.29, 1.82) is 0 Å². The molecule has 0 aliphatic carbocycles. The molecule has 0 saturated heterocycles. The van der Waals surface area contributed by atoms with Crippen LogP contribution in [0.15, 0.2) is 49.1 Å². The van der Waals surface area contributed by atoms with E-state index in [-0.39, 0.29) is 5.91 Å². The molecule has 1 heterocycles. The van der Waals surface area contributed by atoms with E-state index in [0.29, 0.717) is 29.3 Å². The Morgan fingerprint density at radius 3 is 2.41 bits per heavy atom. The zero-order valence-corrected chi connectivity index (χ0v) is 17.2. The number of nitrogens with zero attached hydrogens (tertiary/aromatic N) is 1. The van der Waals surface area contributed by atoms with Crippen LogP contribution >= 0.6 is 11.8 Å². The molecule has 2 rings (SSSR count). The minimum atomic E-state index is -0.671. The number of imide groups is 1. The van der Waals surface area contributed by atoms with E-state index >= 15 is 0 Å². The molecule has 154 valence electrons. The molecule has 4 amide bonds. The lowest BCUT2D eigenvalue weighted by Crippen LogP contribution is -2.48. The fourth-order valence-corrected chi connectivity index (χ4v) is 3.40. The predicted molar refractivity (Wildman–Crippen MR) is 115 cm³/mol. The van der Waals surface area contributed by atoms with Crippen LogP contribution in [0.1, 0.15) is 30.1 Å². The van der Waals surface area contributed by atoms with Crippen molar-refractivity contribution < 1.29 is 19.2 Å². The first kappa shape index (κ1) is 22.4. The molecular formula is C21H25N3O4S. The third-order valence-corrected chi connectivity index (χ3v) is 5.21. The van der Waals surface area contributed by atoms with E-state index in [0.717, 1.165) is 17.7 Å². The average Bonchev–Trinajstić information content (AvgIpc) is 3.05. The predicted octanol–water partition coefficient (Wildman–Crippen LogP) is 2.05. The molecule has 8 heteroatoms. The van der Waals surface area contributed by atoms with E-state index in [1.807, 2.05) is 6.92 Å². The molecular weight excluding hydrogens is 390 g/mol. The van der Waals surface area contributed by atoms with Gasteiger partial charge in [0.25, 0.3) is 17.7 Å². The summed E-state index contributed by atoms with van der Waals surface area (Å²) in [5.74, 6) is -0.362. The van der Waals surface area contributed by atoms with Gasteiger partial charge in [0.1, 0.15) is 6.04 Å². The van der Waals surface area contributed by atoms with Gasteiger partial charge in [0.2, 0.25) is 5.91 Å². The smallest absolute Gasteiger partial charge is 0.258 e. The molecule has 29 heavy (non-hydrogen) atoms. The maximum Gasteiger partial charge on any atom is 0.258 e. The number of hydrogen-bond acceptors (Lipinski definition) is 5. The lowest BCUT2D eigenvalue weighted by molar-refractivity contribution is -0.122. The SMILES string of the molecule is C=CCSCC(NC(=O)c1ccc(N2C(=O)C=CC2=O)cc1)C(=O)NCCCC. The number of rotatable bonds is 11. The number of anilines is 1. The molecule has 2 N–H and O–H groups in total. The molecule has 0 bridgehead atoms. The molecule has 1 aromatic carbocycles. The first-order valence-corrected chi connectivity index (χ1v) is 10.6. The zero-order chi connectivity index (χ0) is 21.2. The number of benzene rings is 1. The lowest BCUT2D eigenvalue weighted by atomic mass is 10.1. The fraction of sp³-hybridized carbons (Fsp3) is 0.333. The van der Waals surface area contributed by atoms with Crippen LogP contribution in [0, 0.1) is 0 Å². The minimum Gasteiger partial charge on any atom is -0.354 e. The molecule has 0 saturated carbocycles. The maximum absolute atomic E-state index is 12.6. The Kier molecular flexibility index (Phi) is 8.67. The van der Waals surface area contributed by atoms with Crippen LogP contribution in [0.4, 0.5) is 5.69 Å². The summed E-state index contributed by atoms with van der Waals surface area (Å²) in [5.41, 5.74) is 0.720. The number of thioether (sulfide) groups is 1. The van der Waals surface area contributed by atoms with Gasteiger partial charge in [0, 0.05) is 35.8 Å². The average molecular weight is 416 g/mol. The zero-order valence-electron chi connectivity index (χ0n) is 16.3. The molecule has 1 aliphatic heterocycles. The summed E-state index contributed by atoms with van der Waals surface area (Å²) >= 11 is 1.50. The molecule has 1 aliphatic rings. The van der Waals surface area contributed by atoms with Crippen LogP contribution in [0.2, 0.25) is 0 Å². The van der Waals surface area contributed by atoms with Crippen molar-refractivity contribution in [3.8, 4) is 0 Å². The number of carbonyl (C=O) groups is 4. The van der Waals surface area contributed by atoms with Gasteiger partial charge in [-0.2, -0.15) is 11.8 Å². The second-order valence-electron chi connectivity index (χ2n) is 6.39. The highest BCUT2D eigenvalue weighted by Crippen LogP contribution is 2.19. The third-order valence-electron chi connectivity index (χ3n) is 4.17. The first-order chi connectivity index (χ1) is 14.0. The Balaban J connectivity index is 2.03. The van der Waals surface area contributed by atoms with Gasteiger partial charge >= 0.3 is 0 Å². The lowest BCUT2D eigenvalue weighted by Gasteiger charge is -2.18. The molecule has 0 spiro atoms.